The van der Waals surface area contributed by atoms with Crippen molar-refractivity contribution in [2.24, 2.45) is 11.8 Å². The third kappa shape index (κ3) is 3.57. The van der Waals surface area contributed by atoms with Crippen LogP contribution in [0.5, 0.6) is 0 Å². The van der Waals surface area contributed by atoms with Gasteiger partial charge in [0.1, 0.15) is 0 Å². The van der Waals surface area contributed by atoms with Crippen molar-refractivity contribution >= 4 is 0 Å². The summed E-state index contributed by atoms with van der Waals surface area (Å²) < 4.78 is 0. The lowest BCUT2D eigenvalue weighted by molar-refractivity contribution is 0.120. The van der Waals surface area contributed by atoms with E-state index in [4.69, 9.17) is 0 Å². The van der Waals surface area contributed by atoms with Gasteiger partial charge in [0.25, 0.3) is 0 Å². The van der Waals surface area contributed by atoms with Gasteiger partial charge in [-0.05, 0) is 24.7 Å². The van der Waals surface area contributed by atoms with Gasteiger partial charge in [-0.1, -0.05) is 39.5 Å². The van der Waals surface area contributed by atoms with Crippen molar-refractivity contribution in [1.29, 1.82) is 0 Å². The van der Waals surface area contributed by atoms with Crippen LogP contribution in [0.3, 0.4) is 0 Å². The number of aliphatic hydroxyl groups is 1. The lowest BCUT2D eigenvalue weighted by Gasteiger charge is -2.16. The van der Waals surface area contributed by atoms with Crippen LogP contribution in [0.2, 0.25) is 0 Å². The SMILES string of the molecule is CC(C)CC(O)CC1CCCC1. The van der Waals surface area contributed by atoms with Gasteiger partial charge in [-0.3, -0.25) is 0 Å². The summed E-state index contributed by atoms with van der Waals surface area (Å²) in [6, 6.07) is 0. The summed E-state index contributed by atoms with van der Waals surface area (Å²) in [5.74, 6) is 1.47. The van der Waals surface area contributed by atoms with Crippen molar-refractivity contribution in [1.82, 2.24) is 0 Å². The number of rotatable bonds is 4. The minimum absolute atomic E-state index is 0.0342. The Labute approximate surface area is 76.2 Å². The third-order valence-electron chi connectivity index (χ3n) is 2.82. The first-order chi connectivity index (χ1) is 5.68. The Bertz CT molecular complexity index is 114. The molecule has 0 aromatic rings. The predicted molar refractivity (Wildman–Crippen MR) is 52.0 cm³/mol. The highest BCUT2D eigenvalue weighted by atomic mass is 16.3. The van der Waals surface area contributed by atoms with E-state index in [1.54, 1.807) is 0 Å². The van der Waals surface area contributed by atoms with Crippen LogP contribution in [0.25, 0.3) is 0 Å². The molecule has 72 valence electrons. The minimum atomic E-state index is -0.0342. The van der Waals surface area contributed by atoms with Crippen LogP contribution < -0.4 is 0 Å². The van der Waals surface area contributed by atoms with E-state index in [-0.39, 0.29) is 6.10 Å². The Morgan fingerprint density at radius 2 is 1.83 bits per heavy atom. The smallest absolute Gasteiger partial charge is 0.0545 e. The Balaban J connectivity index is 2.11. The monoisotopic (exact) mass is 170 g/mol. The van der Waals surface area contributed by atoms with Gasteiger partial charge in [0, 0.05) is 0 Å². The second-order valence-electron chi connectivity index (χ2n) is 4.67. The minimum Gasteiger partial charge on any atom is -0.393 e. The molecule has 1 aliphatic carbocycles. The molecular weight excluding hydrogens is 148 g/mol. The molecular formula is C11H22O. The molecule has 0 saturated heterocycles. The molecule has 0 aliphatic heterocycles. The van der Waals surface area contributed by atoms with E-state index in [1.165, 1.54) is 25.7 Å². The Kier molecular flexibility index (Phi) is 4.07. The van der Waals surface area contributed by atoms with Gasteiger partial charge in [-0.2, -0.15) is 0 Å². The molecule has 1 N–H and O–H groups in total. The Morgan fingerprint density at radius 3 is 2.33 bits per heavy atom. The van der Waals surface area contributed by atoms with Crippen LogP contribution >= 0.6 is 0 Å². The maximum atomic E-state index is 9.68. The van der Waals surface area contributed by atoms with E-state index in [9.17, 15) is 5.11 Å². The second-order valence-corrected chi connectivity index (χ2v) is 4.67. The van der Waals surface area contributed by atoms with Gasteiger partial charge in [0.15, 0.2) is 0 Å². The number of hydrogen-bond acceptors (Lipinski definition) is 1. The molecule has 1 atom stereocenters. The summed E-state index contributed by atoms with van der Waals surface area (Å²) >= 11 is 0. The topological polar surface area (TPSA) is 20.2 Å². The standard InChI is InChI=1S/C11H22O/c1-9(2)7-11(12)8-10-5-3-4-6-10/h9-12H,3-8H2,1-2H3. The van der Waals surface area contributed by atoms with Crippen molar-refractivity contribution in [3.05, 3.63) is 0 Å². The number of aliphatic hydroxyl groups excluding tert-OH is 1. The molecule has 1 fully saturated rings. The van der Waals surface area contributed by atoms with E-state index >= 15 is 0 Å². The van der Waals surface area contributed by atoms with E-state index in [2.05, 4.69) is 13.8 Å². The van der Waals surface area contributed by atoms with Crippen molar-refractivity contribution in [3.63, 3.8) is 0 Å². The summed E-state index contributed by atoms with van der Waals surface area (Å²) in [5, 5.41) is 9.68. The summed E-state index contributed by atoms with van der Waals surface area (Å²) in [5.41, 5.74) is 0. The Morgan fingerprint density at radius 1 is 1.25 bits per heavy atom. The van der Waals surface area contributed by atoms with E-state index in [1.807, 2.05) is 0 Å². The zero-order chi connectivity index (χ0) is 8.97. The van der Waals surface area contributed by atoms with Crippen molar-refractivity contribution in [2.45, 2.75) is 58.5 Å². The van der Waals surface area contributed by atoms with Gasteiger partial charge in [-0.25, -0.2) is 0 Å². The average molecular weight is 170 g/mol. The van der Waals surface area contributed by atoms with Gasteiger partial charge >= 0.3 is 0 Å². The maximum Gasteiger partial charge on any atom is 0.0545 e. The van der Waals surface area contributed by atoms with Crippen LogP contribution in [0.15, 0.2) is 0 Å². The zero-order valence-corrected chi connectivity index (χ0v) is 8.42. The van der Waals surface area contributed by atoms with Gasteiger partial charge < -0.3 is 5.11 Å². The molecule has 1 heteroatoms. The van der Waals surface area contributed by atoms with Gasteiger partial charge in [0.2, 0.25) is 0 Å². The molecule has 0 radical (unpaired) electrons. The molecule has 12 heavy (non-hydrogen) atoms. The molecule has 1 unspecified atom stereocenters. The lowest BCUT2D eigenvalue weighted by Crippen LogP contribution is -2.14. The molecule has 0 aromatic heterocycles. The van der Waals surface area contributed by atoms with Crippen LogP contribution in [0, 0.1) is 11.8 Å². The zero-order valence-electron chi connectivity index (χ0n) is 8.42. The first-order valence-electron chi connectivity index (χ1n) is 5.36. The lowest BCUT2D eigenvalue weighted by atomic mass is 9.95. The molecule has 0 bridgehead atoms. The second kappa shape index (κ2) is 4.86. The molecule has 0 spiro atoms. The highest BCUT2D eigenvalue weighted by molar-refractivity contribution is 4.71. The highest BCUT2D eigenvalue weighted by Gasteiger charge is 2.18. The maximum absolute atomic E-state index is 9.68. The fourth-order valence-corrected chi connectivity index (χ4v) is 2.27. The van der Waals surface area contributed by atoms with Crippen LogP contribution in [-0.2, 0) is 0 Å². The van der Waals surface area contributed by atoms with Crippen molar-refractivity contribution in [2.75, 3.05) is 0 Å². The molecule has 1 nitrogen and oxygen atoms in total. The fourth-order valence-electron chi connectivity index (χ4n) is 2.27. The summed E-state index contributed by atoms with van der Waals surface area (Å²) in [6.45, 7) is 4.36. The quantitative estimate of drug-likeness (QED) is 0.687. The van der Waals surface area contributed by atoms with Crippen molar-refractivity contribution in [3.8, 4) is 0 Å². The fraction of sp³-hybridized carbons (Fsp3) is 1.00. The summed E-state index contributed by atoms with van der Waals surface area (Å²) in [6.07, 6.45) is 7.49. The first-order valence-corrected chi connectivity index (χ1v) is 5.36. The van der Waals surface area contributed by atoms with E-state index in [0.717, 1.165) is 18.8 Å². The summed E-state index contributed by atoms with van der Waals surface area (Å²) in [7, 11) is 0. The van der Waals surface area contributed by atoms with Crippen LogP contribution in [0.1, 0.15) is 52.4 Å². The van der Waals surface area contributed by atoms with Crippen LogP contribution in [0.4, 0.5) is 0 Å². The van der Waals surface area contributed by atoms with Gasteiger partial charge in [-0.15, -0.1) is 0 Å². The summed E-state index contributed by atoms with van der Waals surface area (Å²) in [4.78, 5) is 0. The average Bonchev–Trinajstić information content (AvgIpc) is 2.37. The molecule has 1 aliphatic rings. The normalized spacial score (nSPS) is 22.0. The predicted octanol–water partition coefficient (Wildman–Crippen LogP) is 2.97. The molecule has 0 aromatic carbocycles. The van der Waals surface area contributed by atoms with Crippen molar-refractivity contribution < 1.29 is 5.11 Å². The van der Waals surface area contributed by atoms with Gasteiger partial charge in [0.05, 0.1) is 6.10 Å². The van der Waals surface area contributed by atoms with E-state index < -0.39 is 0 Å². The molecule has 0 heterocycles. The Hall–Kier alpha value is -0.0400. The highest BCUT2D eigenvalue weighted by Crippen LogP contribution is 2.29. The third-order valence-corrected chi connectivity index (χ3v) is 2.82. The molecule has 1 rings (SSSR count). The van der Waals surface area contributed by atoms with E-state index in [0.29, 0.717) is 5.92 Å². The first kappa shape index (κ1) is 10.0. The molecule has 1 saturated carbocycles. The molecule has 0 amide bonds. The van der Waals surface area contributed by atoms with Crippen LogP contribution in [-0.4, -0.2) is 11.2 Å². The largest absolute Gasteiger partial charge is 0.393 e. The number of hydrogen-bond donors (Lipinski definition) is 1.